The minimum atomic E-state index is -3.84. The highest BCUT2D eigenvalue weighted by Crippen LogP contribution is 2.29. The fraction of sp³-hybridized carbons (Fsp3) is 0.269. The third kappa shape index (κ3) is 6.00. The van der Waals surface area contributed by atoms with E-state index in [2.05, 4.69) is 4.72 Å². The van der Waals surface area contributed by atoms with E-state index >= 15 is 0 Å². The number of thioether (sulfide) groups is 1. The fourth-order valence-corrected chi connectivity index (χ4v) is 6.13. The molecule has 0 spiro atoms. The Kier molecular flexibility index (Phi) is 7.54. The van der Waals surface area contributed by atoms with E-state index < -0.39 is 28.0 Å². The van der Waals surface area contributed by atoms with Gasteiger partial charge < -0.3 is 14.4 Å². The number of amides is 1. The van der Waals surface area contributed by atoms with E-state index in [1.54, 1.807) is 36.4 Å². The van der Waals surface area contributed by atoms with Gasteiger partial charge in [-0.25, -0.2) is 22.3 Å². The Morgan fingerprint density at radius 1 is 1.00 bits per heavy atom. The second kappa shape index (κ2) is 11.0. The van der Waals surface area contributed by atoms with Gasteiger partial charge in [0.15, 0.2) is 0 Å². The quantitative estimate of drug-likeness (QED) is 0.448. The van der Waals surface area contributed by atoms with Crippen LogP contribution in [0.5, 0.6) is 11.5 Å². The van der Waals surface area contributed by atoms with Gasteiger partial charge in [0.25, 0.3) is 0 Å². The first-order valence-electron chi connectivity index (χ1n) is 11.8. The van der Waals surface area contributed by atoms with E-state index in [4.69, 9.17) is 9.47 Å². The van der Waals surface area contributed by atoms with Crippen LogP contribution in [0.1, 0.15) is 0 Å². The number of carbonyl (C=O) groups excluding carboxylic acids is 1. The van der Waals surface area contributed by atoms with Crippen LogP contribution < -0.4 is 19.3 Å². The summed E-state index contributed by atoms with van der Waals surface area (Å²) in [7, 11) is -3.84. The Morgan fingerprint density at radius 3 is 2.41 bits per heavy atom. The lowest BCUT2D eigenvalue weighted by Crippen LogP contribution is -2.34. The zero-order valence-corrected chi connectivity index (χ0v) is 21.5. The largest absolute Gasteiger partial charge is 0.457 e. The van der Waals surface area contributed by atoms with Crippen LogP contribution >= 0.6 is 11.8 Å². The maximum atomic E-state index is 14.8. The summed E-state index contributed by atoms with van der Waals surface area (Å²) in [4.78, 5) is 15.8. The molecule has 194 valence electrons. The van der Waals surface area contributed by atoms with Crippen molar-refractivity contribution < 1.29 is 27.1 Å². The van der Waals surface area contributed by atoms with Crippen LogP contribution in [0.15, 0.2) is 77.7 Å². The summed E-state index contributed by atoms with van der Waals surface area (Å²) in [5.74, 6) is 2.64. The SMILES string of the molecule is O=C1O[C@@H](CNS(=O)(=O)c2ccc(Oc3ccccc3)cc2)CN1c1ccc(N2CCSCC2)c(F)c1. The summed E-state index contributed by atoms with van der Waals surface area (Å²) in [5, 5.41) is 0. The summed E-state index contributed by atoms with van der Waals surface area (Å²) >= 11 is 1.84. The fourth-order valence-electron chi connectivity index (χ4n) is 4.16. The van der Waals surface area contributed by atoms with Gasteiger partial charge >= 0.3 is 6.09 Å². The van der Waals surface area contributed by atoms with Gasteiger partial charge in [0.05, 0.1) is 22.8 Å². The predicted octanol–water partition coefficient (Wildman–Crippen LogP) is 4.47. The molecule has 2 fully saturated rings. The lowest BCUT2D eigenvalue weighted by Gasteiger charge is -2.29. The Balaban J connectivity index is 1.18. The standard InChI is InChI=1S/C26H26FN3O5S2/c27-24-16-19(6-11-25(24)29-12-14-36-15-13-29)30-18-22(35-26(30)31)17-28-37(32,33)23-9-7-21(8-10-23)34-20-4-2-1-3-5-20/h1-11,16,22,28H,12-15,17-18H2/t22-/m0/s1. The van der Waals surface area contributed by atoms with Crippen molar-refractivity contribution in [2.45, 2.75) is 11.0 Å². The highest BCUT2D eigenvalue weighted by atomic mass is 32.2. The Morgan fingerprint density at radius 2 is 1.70 bits per heavy atom. The lowest BCUT2D eigenvalue weighted by molar-refractivity contribution is 0.143. The predicted molar refractivity (Wildman–Crippen MR) is 142 cm³/mol. The molecule has 11 heteroatoms. The van der Waals surface area contributed by atoms with Crippen LogP contribution in [0.4, 0.5) is 20.6 Å². The first-order chi connectivity index (χ1) is 17.9. The first-order valence-corrected chi connectivity index (χ1v) is 14.5. The molecule has 2 heterocycles. The number of halogens is 1. The summed E-state index contributed by atoms with van der Waals surface area (Å²) in [6.45, 7) is 1.54. The number of ether oxygens (including phenoxy) is 2. The third-order valence-electron chi connectivity index (χ3n) is 6.08. The number of hydrogen-bond donors (Lipinski definition) is 1. The molecule has 8 nitrogen and oxygen atoms in total. The zero-order valence-electron chi connectivity index (χ0n) is 19.9. The maximum absolute atomic E-state index is 14.8. The van der Waals surface area contributed by atoms with Gasteiger partial charge in [0.2, 0.25) is 10.0 Å². The number of cyclic esters (lactones) is 1. The molecule has 2 saturated heterocycles. The molecule has 37 heavy (non-hydrogen) atoms. The van der Waals surface area contributed by atoms with Crippen molar-refractivity contribution in [3.63, 3.8) is 0 Å². The van der Waals surface area contributed by atoms with Gasteiger partial charge in [-0.1, -0.05) is 18.2 Å². The van der Waals surface area contributed by atoms with Crippen molar-refractivity contribution in [2.75, 3.05) is 47.5 Å². The smallest absolute Gasteiger partial charge is 0.414 e. The molecule has 1 atom stereocenters. The summed E-state index contributed by atoms with van der Waals surface area (Å²) in [5.41, 5.74) is 0.887. The Hall–Kier alpha value is -3.28. The average Bonchev–Trinajstić information content (AvgIpc) is 3.29. The number of para-hydroxylation sites is 1. The Bertz CT molecular complexity index is 1350. The van der Waals surface area contributed by atoms with Gasteiger partial charge in [0, 0.05) is 31.1 Å². The molecule has 0 radical (unpaired) electrons. The lowest BCUT2D eigenvalue weighted by atomic mass is 10.2. The van der Waals surface area contributed by atoms with Crippen molar-refractivity contribution in [3.8, 4) is 11.5 Å². The molecule has 1 amide bonds. The number of carbonyl (C=O) groups is 1. The molecule has 1 N–H and O–H groups in total. The molecular weight excluding hydrogens is 517 g/mol. The molecule has 0 saturated carbocycles. The molecular formula is C26H26FN3O5S2. The van der Waals surface area contributed by atoms with Crippen LogP contribution in [0.25, 0.3) is 0 Å². The van der Waals surface area contributed by atoms with Gasteiger partial charge in [0.1, 0.15) is 23.4 Å². The average molecular weight is 544 g/mol. The minimum absolute atomic E-state index is 0.0582. The van der Waals surface area contributed by atoms with E-state index in [1.165, 1.54) is 23.1 Å². The van der Waals surface area contributed by atoms with Crippen LogP contribution in [0.2, 0.25) is 0 Å². The van der Waals surface area contributed by atoms with Crippen LogP contribution in [0.3, 0.4) is 0 Å². The highest BCUT2D eigenvalue weighted by Gasteiger charge is 2.34. The van der Waals surface area contributed by atoms with Crippen molar-refractivity contribution in [1.29, 1.82) is 0 Å². The van der Waals surface area contributed by atoms with Crippen LogP contribution in [-0.2, 0) is 14.8 Å². The highest BCUT2D eigenvalue weighted by molar-refractivity contribution is 7.99. The number of benzene rings is 3. The van der Waals surface area contributed by atoms with E-state index in [1.807, 2.05) is 34.9 Å². The van der Waals surface area contributed by atoms with Gasteiger partial charge in [-0.05, 0) is 54.6 Å². The van der Waals surface area contributed by atoms with E-state index in [-0.39, 0.29) is 18.0 Å². The minimum Gasteiger partial charge on any atom is -0.457 e. The van der Waals surface area contributed by atoms with E-state index in [0.717, 1.165) is 24.6 Å². The van der Waals surface area contributed by atoms with Crippen molar-refractivity contribution in [3.05, 3.63) is 78.6 Å². The zero-order chi connectivity index (χ0) is 25.8. The van der Waals surface area contributed by atoms with Gasteiger partial charge in [-0.2, -0.15) is 11.8 Å². The number of nitrogens with one attached hydrogen (secondary N) is 1. The number of sulfonamides is 1. The molecule has 0 aromatic heterocycles. The summed E-state index contributed by atoms with van der Waals surface area (Å²) in [6, 6.07) is 19.9. The molecule has 2 aliphatic heterocycles. The molecule has 0 unspecified atom stereocenters. The monoisotopic (exact) mass is 543 g/mol. The van der Waals surface area contributed by atoms with E-state index in [9.17, 15) is 17.6 Å². The van der Waals surface area contributed by atoms with Crippen LogP contribution in [0, 0.1) is 5.82 Å². The number of hydrogen-bond acceptors (Lipinski definition) is 7. The van der Waals surface area contributed by atoms with Crippen LogP contribution in [-0.4, -0.2) is 58.3 Å². The molecule has 3 aromatic rings. The molecule has 2 aliphatic rings. The second-order valence-corrected chi connectivity index (χ2v) is 11.6. The van der Waals surface area contributed by atoms with Crippen molar-refractivity contribution in [1.82, 2.24) is 4.72 Å². The van der Waals surface area contributed by atoms with Gasteiger partial charge in [-0.15, -0.1) is 0 Å². The molecule has 0 aliphatic carbocycles. The van der Waals surface area contributed by atoms with E-state index in [0.29, 0.717) is 22.9 Å². The van der Waals surface area contributed by atoms with Gasteiger partial charge in [-0.3, -0.25) is 4.90 Å². The number of nitrogens with zero attached hydrogens (tertiary/aromatic N) is 2. The normalized spacial score (nSPS) is 18.1. The number of anilines is 2. The van der Waals surface area contributed by atoms with Crippen molar-refractivity contribution >= 4 is 39.3 Å². The third-order valence-corrected chi connectivity index (χ3v) is 8.46. The van der Waals surface area contributed by atoms with Crippen molar-refractivity contribution in [2.24, 2.45) is 0 Å². The summed E-state index contributed by atoms with van der Waals surface area (Å²) in [6.07, 6.45) is -1.36. The second-order valence-electron chi connectivity index (χ2n) is 8.59. The Labute approximate surface area is 219 Å². The molecule has 0 bridgehead atoms. The topological polar surface area (TPSA) is 88.2 Å². The maximum Gasteiger partial charge on any atom is 0.414 e. The molecule has 5 rings (SSSR count). The number of rotatable bonds is 8. The first kappa shape index (κ1) is 25.4. The molecule has 3 aromatic carbocycles. The summed E-state index contributed by atoms with van der Waals surface area (Å²) < 4.78 is 53.9.